The quantitative estimate of drug-likeness (QED) is 0.514. The summed E-state index contributed by atoms with van der Waals surface area (Å²) in [4.78, 5) is 17.1. The lowest BCUT2D eigenvalue weighted by molar-refractivity contribution is 0.101. The highest BCUT2D eigenvalue weighted by molar-refractivity contribution is 6.15. The average Bonchev–Trinajstić information content (AvgIpc) is 3.02. The maximum absolute atomic E-state index is 12.9. The van der Waals surface area contributed by atoms with Gasteiger partial charge >= 0.3 is 0 Å². The molecule has 3 heteroatoms. The van der Waals surface area contributed by atoms with E-state index in [0.717, 1.165) is 16.5 Å². The Hall–Kier alpha value is -3.20. The van der Waals surface area contributed by atoms with E-state index < -0.39 is 0 Å². The summed E-state index contributed by atoms with van der Waals surface area (Å²) >= 11 is 0. The van der Waals surface area contributed by atoms with Gasteiger partial charge in [-0.15, -0.1) is 0 Å². The van der Waals surface area contributed by atoms with Gasteiger partial charge in [-0.05, 0) is 17.7 Å². The number of ketones is 1. The highest BCUT2D eigenvalue weighted by Crippen LogP contribution is 2.35. The van der Waals surface area contributed by atoms with Gasteiger partial charge in [0.2, 0.25) is 11.5 Å². The van der Waals surface area contributed by atoms with Crippen molar-refractivity contribution < 1.29 is 9.21 Å². The van der Waals surface area contributed by atoms with Crippen LogP contribution in [0.25, 0.3) is 22.2 Å². The zero-order valence-electron chi connectivity index (χ0n) is 12.3. The molecule has 0 spiro atoms. The third-order valence-corrected chi connectivity index (χ3v) is 3.77. The molecule has 4 rings (SSSR count). The lowest BCUT2D eigenvalue weighted by atomic mass is 9.98. The molecule has 2 aromatic heterocycles. The predicted molar refractivity (Wildman–Crippen MR) is 89.3 cm³/mol. The predicted octanol–water partition coefficient (Wildman–Crippen LogP) is 4.73. The van der Waals surface area contributed by atoms with E-state index in [1.165, 1.54) is 0 Å². The summed E-state index contributed by atoms with van der Waals surface area (Å²) in [7, 11) is 0. The zero-order valence-corrected chi connectivity index (χ0v) is 12.3. The van der Waals surface area contributed by atoms with E-state index in [1.807, 2.05) is 60.7 Å². The van der Waals surface area contributed by atoms with Crippen molar-refractivity contribution in [2.75, 3.05) is 0 Å². The SMILES string of the molecule is O=C(c1ccccc1)c1oc2ncccc2c1-c1ccccc1. The molecule has 0 saturated carbocycles. The molecule has 0 saturated heterocycles. The number of hydrogen-bond donors (Lipinski definition) is 0. The molecule has 0 aliphatic rings. The minimum atomic E-state index is -0.137. The molecule has 0 atom stereocenters. The fraction of sp³-hybridized carbons (Fsp3) is 0. The topological polar surface area (TPSA) is 43.1 Å². The van der Waals surface area contributed by atoms with Crippen LogP contribution in [0.15, 0.2) is 83.4 Å². The number of carbonyl (C=O) groups is 1. The standard InChI is InChI=1S/C20H13NO2/c22-18(15-10-5-2-6-11-15)19-17(14-8-3-1-4-9-14)16-12-7-13-21-20(16)23-19/h1-13H. The first kappa shape index (κ1) is 13.5. The molecule has 2 aromatic carbocycles. The Kier molecular flexibility index (Phi) is 3.24. The molecule has 2 heterocycles. The molecular weight excluding hydrogens is 286 g/mol. The molecule has 0 aliphatic carbocycles. The Morgan fingerprint density at radius 2 is 1.52 bits per heavy atom. The van der Waals surface area contributed by atoms with Gasteiger partial charge in [-0.25, -0.2) is 4.98 Å². The third-order valence-electron chi connectivity index (χ3n) is 3.77. The minimum absolute atomic E-state index is 0.137. The Bertz CT molecular complexity index is 972. The first-order chi connectivity index (χ1) is 11.3. The summed E-state index contributed by atoms with van der Waals surface area (Å²) in [5, 5.41) is 0.845. The number of hydrogen-bond acceptors (Lipinski definition) is 3. The first-order valence-corrected chi connectivity index (χ1v) is 7.37. The van der Waals surface area contributed by atoms with E-state index >= 15 is 0 Å². The van der Waals surface area contributed by atoms with Gasteiger partial charge in [0.05, 0.1) is 0 Å². The summed E-state index contributed by atoms with van der Waals surface area (Å²) in [6, 6.07) is 22.7. The highest BCUT2D eigenvalue weighted by atomic mass is 16.4. The average molecular weight is 299 g/mol. The molecule has 0 unspecified atom stereocenters. The van der Waals surface area contributed by atoms with Crippen LogP contribution in [0.4, 0.5) is 0 Å². The monoisotopic (exact) mass is 299 g/mol. The maximum atomic E-state index is 12.9. The molecule has 0 fully saturated rings. The molecule has 23 heavy (non-hydrogen) atoms. The molecule has 0 amide bonds. The Labute approximate surface area is 133 Å². The number of aromatic nitrogens is 1. The van der Waals surface area contributed by atoms with Crippen LogP contribution in [0.5, 0.6) is 0 Å². The fourth-order valence-electron chi connectivity index (χ4n) is 2.70. The van der Waals surface area contributed by atoms with Crippen LogP contribution in [0, 0.1) is 0 Å². The fourth-order valence-corrected chi connectivity index (χ4v) is 2.70. The van der Waals surface area contributed by atoms with E-state index in [4.69, 9.17) is 4.42 Å². The molecule has 4 aromatic rings. The lowest BCUT2D eigenvalue weighted by Gasteiger charge is -2.03. The number of fused-ring (bicyclic) bond motifs is 1. The van der Waals surface area contributed by atoms with Gasteiger partial charge in [0.1, 0.15) is 0 Å². The number of pyridine rings is 1. The maximum Gasteiger partial charge on any atom is 0.228 e. The van der Waals surface area contributed by atoms with Crippen molar-refractivity contribution in [3.63, 3.8) is 0 Å². The Morgan fingerprint density at radius 3 is 2.26 bits per heavy atom. The highest BCUT2D eigenvalue weighted by Gasteiger charge is 2.23. The summed E-state index contributed by atoms with van der Waals surface area (Å²) in [6.07, 6.45) is 1.66. The van der Waals surface area contributed by atoms with Crippen molar-refractivity contribution in [3.8, 4) is 11.1 Å². The van der Waals surface area contributed by atoms with E-state index in [9.17, 15) is 4.79 Å². The lowest BCUT2D eigenvalue weighted by Crippen LogP contribution is -2.01. The summed E-state index contributed by atoms with van der Waals surface area (Å²) < 4.78 is 5.81. The second kappa shape index (κ2) is 5.54. The molecule has 0 aliphatic heterocycles. The van der Waals surface area contributed by atoms with E-state index in [-0.39, 0.29) is 5.78 Å². The Balaban J connectivity index is 1.98. The molecular formula is C20H13NO2. The first-order valence-electron chi connectivity index (χ1n) is 7.37. The van der Waals surface area contributed by atoms with Crippen LogP contribution in [0.3, 0.4) is 0 Å². The van der Waals surface area contributed by atoms with Gasteiger partial charge in [0.15, 0.2) is 5.76 Å². The minimum Gasteiger partial charge on any atom is -0.434 e. The van der Waals surface area contributed by atoms with Crippen molar-refractivity contribution in [2.24, 2.45) is 0 Å². The van der Waals surface area contributed by atoms with Crippen molar-refractivity contribution in [1.82, 2.24) is 4.98 Å². The molecule has 110 valence electrons. The summed E-state index contributed by atoms with van der Waals surface area (Å²) in [6.45, 7) is 0. The zero-order chi connectivity index (χ0) is 15.6. The van der Waals surface area contributed by atoms with Crippen molar-refractivity contribution in [1.29, 1.82) is 0 Å². The smallest absolute Gasteiger partial charge is 0.228 e. The van der Waals surface area contributed by atoms with Crippen LogP contribution >= 0.6 is 0 Å². The molecule has 3 nitrogen and oxygen atoms in total. The molecule has 0 radical (unpaired) electrons. The largest absolute Gasteiger partial charge is 0.434 e. The van der Waals surface area contributed by atoms with E-state index in [0.29, 0.717) is 17.0 Å². The van der Waals surface area contributed by atoms with Crippen LogP contribution in [0.1, 0.15) is 16.1 Å². The van der Waals surface area contributed by atoms with Gasteiger partial charge in [0, 0.05) is 22.7 Å². The summed E-state index contributed by atoms with van der Waals surface area (Å²) in [5.74, 6) is 0.193. The third kappa shape index (κ3) is 2.32. The van der Waals surface area contributed by atoms with Crippen molar-refractivity contribution in [3.05, 3.63) is 90.3 Å². The second-order valence-electron chi connectivity index (χ2n) is 5.22. The van der Waals surface area contributed by atoms with E-state index in [2.05, 4.69) is 4.98 Å². The number of furan rings is 1. The van der Waals surface area contributed by atoms with Crippen LogP contribution in [-0.2, 0) is 0 Å². The number of carbonyl (C=O) groups excluding carboxylic acids is 1. The molecule has 0 N–H and O–H groups in total. The number of rotatable bonds is 3. The van der Waals surface area contributed by atoms with Crippen LogP contribution in [0.2, 0.25) is 0 Å². The summed E-state index contributed by atoms with van der Waals surface area (Å²) in [5.41, 5.74) is 2.82. The van der Waals surface area contributed by atoms with Crippen LogP contribution in [-0.4, -0.2) is 10.8 Å². The van der Waals surface area contributed by atoms with E-state index in [1.54, 1.807) is 18.3 Å². The van der Waals surface area contributed by atoms with Gasteiger partial charge in [0.25, 0.3) is 0 Å². The van der Waals surface area contributed by atoms with Gasteiger partial charge < -0.3 is 4.42 Å². The normalized spacial score (nSPS) is 10.8. The van der Waals surface area contributed by atoms with Gasteiger partial charge in [-0.1, -0.05) is 60.7 Å². The number of nitrogens with zero attached hydrogens (tertiary/aromatic N) is 1. The van der Waals surface area contributed by atoms with Crippen molar-refractivity contribution >= 4 is 16.9 Å². The Morgan fingerprint density at radius 1 is 0.826 bits per heavy atom. The van der Waals surface area contributed by atoms with Gasteiger partial charge in [-0.3, -0.25) is 4.79 Å². The van der Waals surface area contributed by atoms with Crippen molar-refractivity contribution in [2.45, 2.75) is 0 Å². The second-order valence-corrected chi connectivity index (χ2v) is 5.22. The molecule has 0 bridgehead atoms. The van der Waals surface area contributed by atoms with Gasteiger partial charge in [-0.2, -0.15) is 0 Å². The number of benzene rings is 2. The van der Waals surface area contributed by atoms with Crippen LogP contribution < -0.4 is 0 Å².